The van der Waals surface area contributed by atoms with Crippen molar-refractivity contribution in [2.24, 2.45) is 0 Å². The van der Waals surface area contributed by atoms with E-state index in [-0.39, 0.29) is 0 Å². The van der Waals surface area contributed by atoms with Crippen LogP contribution in [0.3, 0.4) is 0 Å². The molecule has 0 fully saturated rings. The van der Waals surface area contributed by atoms with Crippen molar-refractivity contribution in [3.63, 3.8) is 0 Å². The molecule has 13 heavy (non-hydrogen) atoms. The Labute approximate surface area is 79.3 Å². The molecule has 1 unspecified atom stereocenters. The van der Waals surface area contributed by atoms with Crippen LogP contribution in [-0.2, 0) is 9.53 Å². The number of aliphatic hydroxyl groups is 1. The first-order valence-electron chi connectivity index (χ1n) is 4.65. The fourth-order valence-electron chi connectivity index (χ4n) is 0.897. The number of nitrogens with one attached hydrogen (secondary N) is 1. The summed E-state index contributed by atoms with van der Waals surface area (Å²) in [6.45, 7) is 6.91. The van der Waals surface area contributed by atoms with E-state index in [9.17, 15) is 9.90 Å². The molecule has 0 aliphatic rings. The topological polar surface area (TPSA) is 58.6 Å². The second-order valence-electron chi connectivity index (χ2n) is 3.10. The lowest BCUT2D eigenvalue weighted by Crippen LogP contribution is -2.39. The highest BCUT2D eigenvalue weighted by Gasteiger charge is 2.30. The molecule has 0 spiro atoms. The number of hydrogen-bond acceptors (Lipinski definition) is 4. The first kappa shape index (κ1) is 12.4. The van der Waals surface area contributed by atoms with Gasteiger partial charge < -0.3 is 15.2 Å². The molecule has 0 saturated carbocycles. The Morgan fingerprint density at radius 3 is 2.62 bits per heavy atom. The van der Waals surface area contributed by atoms with E-state index in [0.717, 1.165) is 6.54 Å². The summed E-state index contributed by atoms with van der Waals surface area (Å²) in [4.78, 5) is 11.2. The lowest BCUT2D eigenvalue weighted by atomic mass is 10.0. The maximum absolute atomic E-state index is 11.2. The summed E-state index contributed by atoms with van der Waals surface area (Å²) in [6.07, 6.45) is 0.375. The Bertz CT molecular complexity index is 157. The maximum atomic E-state index is 11.2. The summed E-state index contributed by atoms with van der Waals surface area (Å²) in [7, 11) is 0. The monoisotopic (exact) mass is 189 g/mol. The molecule has 0 heterocycles. The Hall–Kier alpha value is -0.610. The van der Waals surface area contributed by atoms with Crippen LogP contribution in [-0.4, -0.2) is 36.4 Å². The van der Waals surface area contributed by atoms with Gasteiger partial charge in [-0.05, 0) is 33.4 Å². The molecule has 0 aromatic rings. The van der Waals surface area contributed by atoms with Crippen LogP contribution in [0.15, 0.2) is 0 Å². The predicted molar refractivity (Wildman–Crippen MR) is 50.4 cm³/mol. The number of rotatable bonds is 6. The molecular formula is C9H19NO3. The molecule has 0 aromatic carbocycles. The highest BCUT2D eigenvalue weighted by atomic mass is 16.5. The van der Waals surface area contributed by atoms with E-state index in [1.165, 1.54) is 6.92 Å². The van der Waals surface area contributed by atoms with Crippen LogP contribution in [0.2, 0.25) is 0 Å². The number of ether oxygens (including phenoxy) is 1. The van der Waals surface area contributed by atoms with Crippen molar-refractivity contribution in [1.82, 2.24) is 5.32 Å². The maximum Gasteiger partial charge on any atom is 0.337 e. The van der Waals surface area contributed by atoms with Crippen LogP contribution < -0.4 is 5.32 Å². The van der Waals surface area contributed by atoms with Gasteiger partial charge in [-0.2, -0.15) is 0 Å². The van der Waals surface area contributed by atoms with Gasteiger partial charge in [0.1, 0.15) is 0 Å². The van der Waals surface area contributed by atoms with Gasteiger partial charge in [0.25, 0.3) is 0 Å². The van der Waals surface area contributed by atoms with Gasteiger partial charge >= 0.3 is 5.97 Å². The van der Waals surface area contributed by atoms with Gasteiger partial charge in [0, 0.05) is 0 Å². The van der Waals surface area contributed by atoms with E-state index >= 15 is 0 Å². The molecule has 2 N–H and O–H groups in total. The summed E-state index contributed by atoms with van der Waals surface area (Å²) in [5.74, 6) is -0.548. The minimum absolute atomic E-state index is 0.302. The molecule has 0 rings (SSSR count). The smallest absolute Gasteiger partial charge is 0.337 e. The zero-order chi connectivity index (χ0) is 10.3. The average molecular weight is 189 g/mol. The average Bonchev–Trinajstić information content (AvgIpc) is 2.05. The summed E-state index contributed by atoms with van der Waals surface area (Å²) in [5, 5.41) is 12.7. The van der Waals surface area contributed by atoms with Crippen molar-refractivity contribution in [1.29, 1.82) is 0 Å². The zero-order valence-electron chi connectivity index (χ0n) is 8.59. The third kappa shape index (κ3) is 4.85. The van der Waals surface area contributed by atoms with Crippen LogP contribution in [0, 0.1) is 0 Å². The highest BCUT2D eigenvalue weighted by Crippen LogP contribution is 2.10. The quantitative estimate of drug-likeness (QED) is 0.466. The van der Waals surface area contributed by atoms with Crippen LogP contribution in [0.25, 0.3) is 0 Å². The molecular weight excluding hydrogens is 170 g/mol. The summed E-state index contributed by atoms with van der Waals surface area (Å²) in [5.41, 5.74) is -1.36. The molecule has 4 heteroatoms. The number of carbonyl (C=O) groups is 1. The van der Waals surface area contributed by atoms with Gasteiger partial charge in [0.15, 0.2) is 5.60 Å². The fraction of sp³-hybridized carbons (Fsp3) is 0.889. The molecule has 0 bridgehead atoms. The minimum atomic E-state index is -1.36. The van der Waals surface area contributed by atoms with Crippen LogP contribution in [0.5, 0.6) is 0 Å². The van der Waals surface area contributed by atoms with E-state index in [1.54, 1.807) is 6.92 Å². The number of carbonyl (C=O) groups excluding carboxylic acids is 1. The van der Waals surface area contributed by atoms with Crippen molar-refractivity contribution >= 4 is 5.97 Å². The molecule has 1 atom stereocenters. The van der Waals surface area contributed by atoms with E-state index in [1.807, 2.05) is 6.92 Å². The minimum Gasteiger partial charge on any atom is -0.464 e. The molecule has 0 aliphatic heterocycles. The SMILES string of the molecule is CCNCCC(C)(O)C(=O)OCC. The van der Waals surface area contributed by atoms with Crippen molar-refractivity contribution in [3.05, 3.63) is 0 Å². The molecule has 0 aromatic heterocycles. The van der Waals surface area contributed by atoms with E-state index in [2.05, 4.69) is 5.32 Å². The Morgan fingerprint density at radius 1 is 1.54 bits per heavy atom. The molecule has 0 radical (unpaired) electrons. The third-order valence-electron chi connectivity index (χ3n) is 1.75. The molecule has 4 nitrogen and oxygen atoms in total. The first-order chi connectivity index (χ1) is 6.04. The summed E-state index contributed by atoms with van der Waals surface area (Å²) < 4.78 is 4.72. The van der Waals surface area contributed by atoms with Gasteiger partial charge in [-0.1, -0.05) is 6.92 Å². The van der Waals surface area contributed by atoms with Gasteiger partial charge in [-0.15, -0.1) is 0 Å². The van der Waals surface area contributed by atoms with E-state index in [4.69, 9.17) is 4.74 Å². The second-order valence-corrected chi connectivity index (χ2v) is 3.10. The van der Waals surface area contributed by atoms with E-state index in [0.29, 0.717) is 19.6 Å². The zero-order valence-corrected chi connectivity index (χ0v) is 8.59. The van der Waals surface area contributed by atoms with Gasteiger partial charge in [-0.25, -0.2) is 4.79 Å². The third-order valence-corrected chi connectivity index (χ3v) is 1.75. The normalized spacial score (nSPS) is 15.1. The van der Waals surface area contributed by atoms with Crippen molar-refractivity contribution in [2.45, 2.75) is 32.8 Å². The number of esters is 1. The largest absolute Gasteiger partial charge is 0.464 e. The lowest BCUT2D eigenvalue weighted by Gasteiger charge is -2.20. The van der Waals surface area contributed by atoms with Crippen LogP contribution >= 0.6 is 0 Å². The fourth-order valence-corrected chi connectivity index (χ4v) is 0.897. The van der Waals surface area contributed by atoms with Crippen molar-refractivity contribution in [2.75, 3.05) is 19.7 Å². The van der Waals surface area contributed by atoms with Gasteiger partial charge in [0.05, 0.1) is 6.61 Å². The van der Waals surface area contributed by atoms with Gasteiger partial charge in [-0.3, -0.25) is 0 Å². The first-order valence-corrected chi connectivity index (χ1v) is 4.65. The lowest BCUT2D eigenvalue weighted by molar-refractivity contribution is -0.163. The van der Waals surface area contributed by atoms with Gasteiger partial charge in [0.2, 0.25) is 0 Å². The Balaban J connectivity index is 3.83. The van der Waals surface area contributed by atoms with Crippen molar-refractivity contribution in [3.8, 4) is 0 Å². The van der Waals surface area contributed by atoms with Crippen LogP contribution in [0.4, 0.5) is 0 Å². The molecule has 0 saturated heterocycles. The number of hydrogen-bond donors (Lipinski definition) is 2. The standard InChI is InChI=1S/C9H19NO3/c1-4-10-7-6-9(3,12)8(11)13-5-2/h10,12H,4-7H2,1-3H3. The van der Waals surface area contributed by atoms with Crippen molar-refractivity contribution < 1.29 is 14.6 Å². The Kier molecular flexibility index (Phi) is 5.66. The Morgan fingerprint density at radius 2 is 2.15 bits per heavy atom. The summed E-state index contributed by atoms with van der Waals surface area (Å²) in [6, 6.07) is 0. The molecule has 0 amide bonds. The van der Waals surface area contributed by atoms with Crippen LogP contribution in [0.1, 0.15) is 27.2 Å². The molecule has 78 valence electrons. The highest BCUT2D eigenvalue weighted by molar-refractivity contribution is 5.78. The summed E-state index contributed by atoms with van der Waals surface area (Å²) >= 11 is 0. The van der Waals surface area contributed by atoms with E-state index < -0.39 is 11.6 Å². The second kappa shape index (κ2) is 5.94. The predicted octanol–water partition coefficient (Wildman–Crippen LogP) is 0.300. The molecule has 0 aliphatic carbocycles.